The molecular formula is C13H19ClN4O2. The van der Waals surface area contributed by atoms with Gasteiger partial charge in [0, 0.05) is 29.7 Å². The van der Waals surface area contributed by atoms with E-state index in [4.69, 9.17) is 22.5 Å². The topological polar surface area (TPSA) is 90.9 Å². The van der Waals surface area contributed by atoms with Crippen LogP contribution in [0.1, 0.15) is 20.3 Å². The average Bonchev–Trinajstić information content (AvgIpc) is 2.38. The summed E-state index contributed by atoms with van der Waals surface area (Å²) < 4.78 is 0. The van der Waals surface area contributed by atoms with Crippen LogP contribution in [0.5, 0.6) is 0 Å². The van der Waals surface area contributed by atoms with Gasteiger partial charge in [0.2, 0.25) is 0 Å². The Balaban J connectivity index is 2.69. The number of anilines is 1. The number of hydrogen-bond acceptors (Lipinski definition) is 3. The van der Waals surface area contributed by atoms with Gasteiger partial charge in [-0.05, 0) is 32.0 Å². The molecule has 0 aromatic heterocycles. The van der Waals surface area contributed by atoms with Crippen LogP contribution in [-0.2, 0) is 0 Å². The average molecular weight is 299 g/mol. The number of rotatable bonds is 5. The summed E-state index contributed by atoms with van der Waals surface area (Å²) in [5.74, 6) is 0.0891. The molecule has 0 aliphatic carbocycles. The van der Waals surface area contributed by atoms with E-state index in [-0.39, 0.29) is 17.9 Å². The first-order valence-electron chi connectivity index (χ1n) is 6.23. The first-order chi connectivity index (χ1) is 9.43. The monoisotopic (exact) mass is 298 g/mol. The van der Waals surface area contributed by atoms with Crippen LogP contribution in [0.4, 0.5) is 10.5 Å². The third kappa shape index (κ3) is 4.97. The molecule has 0 spiro atoms. The van der Waals surface area contributed by atoms with Crippen LogP contribution in [0, 0.1) is 0 Å². The van der Waals surface area contributed by atoms with Crippen molar-refractivity contribution in [2.24, 2.45) is 10.9 Å². The Hall–Kier alpha value is -1.95. The second kappa shape index (κ2) is 7.59. The number of nitrogens with one attached hydrogen (secondary N) is 1. The highest BCUT2D eigenvalue weighted by Crippen LogP contribution is 2.16. The van der Waals surface area contributed by atoms with Gasteiger partial charge in [0.25, 0.3) is 0 Å². The Morgan fingerprint density at radius 3 is 2.80 bits per heavy atom. The number of benzene rings is 1. The fraction of sp³-hybridized carbons (Fsp3) is 0.385. The first kappa shape index (κ1) is 16.1. The molecule has 110 valence electrons. The minimum absolute atomic E-state index is 0.0133. The van der Waals surface area contributed by atoms with E-state index >= 15 is 0 Å². The number of amides is 2. The van der Waals surface area contributed by atoms with Gasteiger partial charge < -0.3 is 21.2 Å². The van der Waals surface area contributed by atoms with E-state index in [1.807, 2.05) is 13.8 Å². The molecule has 20 heavy (non-hydrogen) atoms. The summed E-state index contributed by atoms with van der Waals surface area (Å²) in [6, 6.07) is 6.64. The van der Waals surface area contributed by atoms with Gasteiger partial charge in [-0.15, -0.1) is 0 Å². The third-order valence-corrected chi connectivity index (χ3v) is 2.93. The van der Waals surface area contributed by atoms with E-state index in [0.717, 1.165) is 0 Å². The molecule has 0 saturated heterocycles. The molecule has 7 heteroatoms. The van der Waals surface area contributed by atoms with E-state index in [2.05, 4.69) is 10.5 Å². The molecule has 6 nitrogen and oxygen atoms in total. The van der Waals surface area contributed by atoms with Crippen molar-refractivity contribution in [3.8, 4) is 0 Å². The number of carbonyl (C=O) groups excluding carboxylic acids is 1. The number of amidine groups is 1. The van der Waals surface area contributed by atoms with Crippen LogP contribution >= 0.6 is 11.6 Å². The zero-order chi connectivity index (χ0) is 15.1. The van der Waals surface area contributed by atoms with Gasteiger partial charge >= 0.3 is 6.03 Å². The highest BCUT2D eigenvalue weighted by molar-refractivity contribution is 6.30. The molecule has 0 radical (unpaired) electrons. The molecule has 0 atom stereocenters. The predicted octanol–water partition coefficient (Wildman–Crippen LogP) is 2.72. The molecule has 0 bridgehead atoms. The van der Waals surface area contributed by atoms with Crippen LogP contribution in [0.3, 0.4) is 0 Å². The number of halogens is 1. The first-order valence-corrected chi connectivity index (χ1v) is 6.61. The normalized spacial score (nSPS) is 11.5. The third-order valence-electron chi connectivity index (χ3n) is 2.70. The molecule has 0 heterocycles. The van der Waals surface area contributed by atoms with Crippen molar-refractivity contribution in [3.05, 3.63) is 29.3 Å². The molecule has 0 fully saturated rings. The van der Waals surface area contributed by atoms with Crippen molar-refractivity contribution in [2.45, 2.75) is 26.3 Å². The number of carbonyl (C=O) groups is 1. The molecule has 0 unspecified atom stereocenters. The molecular weight excluding hydrogens is 280 g/mol. The van der Waals surface area contributed by atoms with Gasteiger partial charge in [-0.3, -0.25) is 0 Å². The summed E-state index contributed by atoms with van der Waals surface area (Å²) in [4.78, 5) is 13.8. The second-order valence-electron chi connectivity index (χ2n) is 4.57. The maximum absolute atomic E-state index is 12.2. The van der Waals surface area contributed by atoms with Crippen LogP contribution in [0.25, 0.3) is 0 Å². The van der Waals surface area contributed by atoms with E-state index in [1.54, 1.807) is 29.2 Å². The standard InChI is InChI=1S/C13H19ClN4O2/c1-9(2)18(7-6-12(15)17-20)13(19)16-11-5-3-4-10(14)8-11/h3-5,8-9,20H,6-7H2,1-2H3,(H2,15,17)(H,16,19). The molecule has 4 N–H and O–H groups in total. The molecule has 0 saturated carbocycles. The fourth-order valence-corrected chi connectivity index (χ4v) is 1.83. The lowest BCUT2D eigenvalue weighted by Gasteiger charge is -2.26. The maximum atomic E-state index is 12.2. The summed E-state index contributed by atoms with van der Waals surface area (Å²) in [5.41, 5.74) is 6.04. The zero-order valence-electron chi connectivity index (χ0n) is 11.5. The van der Waals surface area contributed by atoms with Crippen molar-refractivity contribution in [2.75, 3.05) is 11.9 Å². The van der Waals surface area contributed by atoms with Gasteiger partial charge in [0.05, 0.1) is 0 Å². The van der Waals surface area contributed by atoms with Gasteiger partial charge in [0.1, 0.15) is 5.84 Å². The molecule has 1 aromatic carbocycles. The number of urea groups is 1. The fourth-order valence-electron chi connectivity index (χ4n) is 1.64. The Kier molecular flexibility index (Phi) is 6.11. The summed E-state index contributed by atoms with van der Waals surface area (Å²) in [7, 11) is 0. The minimum Gasteiger partial charge on any atom is -0.409 e. The quantitative estimate of drug-likeness (QED) is 0.338. The predicted molar refractivity (Wildman–Crippen MR) is 80.3 cm³/mol. The highest BCUT2D eigenvalue weighted by atomic mass is 35.5. The number of nitrogens with two attached hydrogens (primary N) is 1. The van der Waals surface area contributed by atoms with Gasteiger partial charge in [-0.1, -0.05) is 22.8 Å². The highest BCUT2D eigenvalue weighted by Gasteiger charge is 2.17. The summed E-state index contributed by atoms with van der Waals surface area (Å²) in [5, 5.41) is 14.7. The van der Waals surface area contributed by atoms with E-state index in [1.165, 1.54) is 0 Å². The van der Waals surface area contributed by atoms with E-state index in [9.17, 15) is 4.79 Å². The lowest BCUT2D eigenvalue weighted by atomic mass is 10.3. The SMILES string of the molecule is CC(C)N(CCC(N)=NO)C(=O)Nc1cccc(Cl)c1. The Bertz CT molecular complexity index is 491. The van der Waals surface area contributed by atoms with Crippen LogP contribution in [-0.4, -0.2) is 34.6 Å². The van der Waals surface area contributed by atoms with Gasteiger partial charge in [0.15, 0.2) is 0 Å². The lowest BCUT2D eigenvalue weighted by molar-refractivity contribution is 0.198. The summed E-state index contributed by atoms with van der Waals surface area (Å²) >= 11 is 5.87. The summed E-state index contributed by atoms with van der Waals surface area (Å²) in [6.07, 6.45) is 0.303. The van der Waals surface area contributed by atoms with Crippen molar-refractivity contribution in [3.63, 3.8) is 0 Å². The molecule has 1 aromatic rings. The van der Waals surface area contributed by atoms with Crippen molar-refractivity contribution < 1.29 is 10.0 Å². The zero-order valence-corrected chi connectivity index (χ0v) is 12.3. The molecule has 2 amide bonds. The Labute approximate surface area is 123 Å². The van der Waals surface area contributed by atoms with Crippen LogP contribution < -0.4 is 11.1 Å². The maximum Gasteiger partial charge on any atom is 0.322 e. The van der Waals surface area contributed by atoms with E-state index < -0.39 is 0 Å². The number of nitrogens with zero attached hydrogens (tertiary/aromatic N) is 2. The lowest BCUT2D eigenvalue weighted by Crippen LogP contribution is -2.41. The van der Waals surface area contributed by atoms with Crippen molar-refractivity contribution >= 4 is 29.2 Å². The van der Waals surface area contributed by atoms with E-state index in [0.29, 0.717) is 23.7 Å². The van der Waals surface area contributed by atoms with Gasteiger partial charge in [-0.25, -0.2) is 4.79 Å². The Morgan fingerprint density at radius 2 is 2.25 bits per heavy atom. The molecule has 1 rings (SSSR count). The number of oxime groups is 1. The largest absolute Gasteiger partial charge is 0.409 e. The van der Waals surface area contributed by atoms with Crippen LogP contribution in [0.15, 0.2) is 29.4 Å². The number of hydrogen-bond donors (Lipinski definition) is 3. The Morgan fingerprint density at radius 1 is 1.55 bits per heavy atom. The van der Waals surface area contributed by atoms with Crippen molar-refractivity contribution in [1.29, 1.82) is 0 Å². The second-order valence-corrected chi connectivity index (χ2v) is 5.01. The summed E-state index contributed by atoms with van der Waals surface area (Å²) in [6.45, 7) is 4.15. The molecule has 0 aliphatic rings. The van der Waals surface area contributed by atoms with Crippen LogP contribution in [0.2, 0.25) is 5.02 Å². The van der Waals surface area contributed by atoms with Crippen molar-refractivity contribution in [1.82, 2.24) is 4.90 Å². The van der Waals surface area contributed by atoms with Gasteiger partial charge in [-0.2, -0.15) is 0 Å². The smallest absolute Gasteiger partial charge is 0.322 e. The molecule has 0 aliphatic heterocycles. The minimum atomic E-state index is -0.256.